The highest BCUT2D eigenvalue weighted by atomic mass is 16.4. The molecule has 1 heterocycles. The molecule has 2 aliphatic rings. The van der Waals surface area contributed by atoms with Crippen molar-refractivity contribution in [1.29, 1.82) is 0 Å². The summed E-state index contributed by atoms with van der Waals surface area (Å²) < 4.78 is 0. The highest BCUT2D eigenvalue weighted by molar-refractivity contribution is 6.36. The number of nitrogens with one attached hydrogen (secondary N) is 2. The maximum atomic E-state index is 12.9. The molecule has 4 rings (SSSR count). The third-order valence-corrected chi connectivity index (χ3v) is 5.91. The number of carboxylic acids is 1. The fraction of sp³-hybridized carbons (Fsp3) is 0.292. The van der Waals surface area contributed by atoms with Crippen LogP contribution in [0, 0.1) is 5.92 Å². The predicted octanol–water partition coefficient (Wildman–Crippen LogP) is 3.94. The highest BCUT2D eigenvalue weighted by Gasteiger charge is 2.31. The zero-order chi connectivity index (χ0) is 21.3. The molecule has 1 saturated carbocycles. The molecule has 1 amide bonds. The lowest BCUT2D eigenvalue weighted by Crippen LogP contribution is -2.34. The molecule has 6 nitrogen and oxygen atoms in total. The first-order valence-corrected chi connectivity index (χ1v) is 10.2. The number of carbonyl (C=O) groups is 3. The third-order valence-electron chi connectivity index (χ3n) is 5.91. The summed E-state index contributed by atoms with van der Waals surface area (Å²) in [6.07, 6.45) is 2.68. The van der Waals surface area contributed by atoms with Crippen LogP contribution in [0.4, 0.5) is 5.69 Å². The minimum atomic E-state index is -0.740. The van der Waals surface area contributed by atoms with Crippen LogP contribution in [0.1, 0.15) is 54.1 Å². The van der Waals surface area contributed by atoms with Gasteiger partial charge in [-0.15, -0.1) is 0 Å². The van der Waals surface area contributed by atoms with E-state index < -0.39 is 5.97 Å². The molecule has 0 aromatic heterocycles. The average molecular weight is 404 g/mol. The van der Waals surface area contributed by atoms with Gasteiger partial charge < -0.3 is 15.7 Å². The summed E-state index contributed by atoms with van der Waals surface area (Å²) in [6.45, 7) is 1.51. The second-order valence-electron chi connectivity index (χ2n) is 7.92. The summed E-state index contributed by atoms with van der Waals surface area (Å²) in [4.78, 5) is 36.1. The van der Waals surface area contributed by atoms with Gasteiger partial charge in [0.1, 0.15) is 0 Å². The Labute approximate surface area is 175 Å². The Balaban J connectivity index is 1.75. The Hall–Kier alpha value is -3.41. The molecular formula is C24H24N2O4. The van der Waals surface area contributed by atoms with Gasteiger partial charge in [0, 0.05) is 22.9 Å². The van der Waals surface area contributed by atoms with E-state index in [0.717, 1.165) is 18.4 Å². The van der Waals surface area contributed by atoms with Crippen LogP contribution in [-0.2, 0) is 9.59 Å². The lowest BCUT2D eigenvalue weighted by atomic mass is 9.85. The lowest BCUT2D eigenvalue weighted by Gasteiger charge is -2.29. The number of hydrogen-bond acceptors (Lipinski definition) is 4. The number of anilines is 1. The van der Waals surface area contributed by atoms with E-state index in [-0.39, 0.29) is 23.7 Å². The molecule has 0 bridgehead atoms. The predicted molar refractivity (Wildman–Crippen MR) is 115 cm³/mol. The standard InChI is InChI=1S/C24H24N2O4/c1-14(27)17-9-12-20-19(13-17)21(23(28)26-20)22(15-5-3-2-4-6-15)25-18-10-7-16(8-11-18)24(29)30/h2-6,9,12-13,16,18,25H,7-8,10-11H2,1H3,(H,26,28)(H,29,30)/b22-21-/t16-,18+. The van der Waals surface area contributed by atoms with E-state index in [4.69, 9.17) is 0 Å². The number of rotatable bonds is 5. The van der Waals surface area contributed by atoms with E-state index in [2.05, 4.69) is 10.6 Å². The van der Waals surface area contributed by atoms with E-state index >= 15 is 0 Å². The van der Waals surface area contributed by atoms with Crippen molar-refractivity contribution in [1.82, 2.24) is 5.32 Å². The molecule has 1 aliphatic carbocycles. The van der Waals surface area contributed by atoms with E-state index in [0.29, 0.717) is 40.9 Å². The van der Waals surface area contributed by atoms with Crippen LogP contribution < -0.4 is 10.6 Å². The number of aliphatic carboxylic acids is 1. The van der Waals surface area contributed by atoms with Crippen molar-refractivity contribution in [2.24, 2.45) is 5.92 Å². The van der Waals surface area contributed by atoms with Gasteiger partial charge in [0.05, 0.1) is 17.2 Å². The van der Waals surface area contributed by atoms with Gasteiger partial charge in [-0.1, -0.05) is 30.3 Å². The largest absolute Gasteiger partial charge is 0.481 e. The summed E-state index contributed by atoms with van der Waals surface area (Å²) in [5.74, 6) is -1.31. The molecule has 0 spiro atoms. The third kappa shape index (κ3) is 3.85. The van der Waals surface area contributed by atoms with Gasteiger partial charge in [-0.2, -0.15) is 0 Å². The first-order valence-electron chi connectivity index (χ1n) is 10.2. The normalized spacial score (nSPS) is 22.1. The van der Waals surface area contributed by atoms with Crippen molar-refractivity contribution in [2.45, 2.75) is 38.6 Å². The zero-order valence-electron chi connectivity index (χ0n) is 16.8. The van der Waals surface area contributed by atoms with E-state index in [9.17, 15) is 19.5 Å². The molecule has 0 unspecified atom stereocenters. The Bertz CT molecular complexity index is 1030. The Kier molecular flexibility index (Phi) is 5.40. The fourth-order valence-electron chi connectivity index (χ4n) is 4.23. The van der Waals surface area contributed by atoms with Crippen LogP contribution in [0.15, 0.2) is 48.5 Å². The van der Waals surface area contributed by atoms with Crippen LogP contribution in [0.25, 0.3) is 11.3 Å². The molecule has 0 radical (unpaired) electrons. The van der Waals surface area contributed by atoms with Crippen LogP contribution >= 0.6 is 0 Å². The molecule has 0 atom stereocenters. The molecule has 2 aromatic carbocycles. The van der Waals surface area contributed by atoms with Gasteiger partial charge >= 0.3 is 5.97 Å². The molecule has 3 N–H and O–H groups in total. The second kappa shape index (κ2) is 8.14. The van der Waals surface area contributed by atoms with Gasteiger partial charge in [0.2, 0.25) is 0 Å². The summed E-state index contributed by atoms with van der Waals surface area (Å²) >= 11 is 0. The molecule has 1 fully saturated rings. The number of fused-ring (bicyclic) bond motifs is 1. The monoisotopic (exact) mass is 404 g/mol. The van der Waals surface area contributed by atoms with Gasteiger partial charge in [0.25, 0.3) is 5.91 Å². The van der Waals surface area contributed by atoms with Crippen molar-refractivity contribution in [3.05, 3.63) is 65.2 Å². The minimum absolute atomic E-state index is 0.0577. The molecule has 0 saturated heterocycles. The molecule has 2 aromatic rings. The van der Waals surface area contributed by atoms with E-state index in [1.165, 1.54) is 6.92 Å². The van der Waals surface area contributed by atoms with Crippen molar-refractivity contribution in [2.75, 3.05) is 5.32 Å². The first kappa shape index (κ1) is 19.9. The fourth-order valence-corrected chi connectivity index (χ4v) is 4.23. The SMILES string of the molecule is CC(=O)c1ccc2c(c1)/C(=C(/N[C@H]1CC[C@@H](C(=O)O)CC1)c1ccccc1)C(=O)N2. The average Bonchev–Trinajstić information content (AvgIpc) is 3.07. The summed E-state index contributed by atoms with van der Waals surface area (Å²) in [5.41, 5.74) is 4.05. The smallest absolute Gasteiger partial charge is 0.306 e. The molecule has 154 valence electrons. The number of ketones is 1. The number of Topliss-reactive ketones (excluding diaryl/α,β-unsaturated/α-hetero) is 1. The lowest BCUT2D eigenvalue weighted by molar-refractivity contribution is -0.142. The minimum Gasteiger partial charge on any atom is -0.481 e. The summed E-state index contributed by atoms with van der Waals surface area (Å²) in [5, 5.41) is 15.7. The number of carbonyl (C=O) groups excluding carboxylic acids is 2. The Morgan fingerprint density at radius 1 is 1.00 bits per heavy atom. The van der Waals surface area contributed by atoms with Crippen LogP contribution in [-0.4, -0.2) is 28.8 Å². The number of carboxylic acid groups (broad SMARTS) is 1. The topological polar surface area (TPSA) is 95.5 Å². The van der Waals surface area contributed by atoms with Crippen molar-refractivity contribution >= 4 is 34.6 Å². The van der Waals surface area contributed by atoms with E-state index in [1.54, 1.807) is 18.2 Å². The van der Waals surface area contributed by atoms with Gasteiger partial charge in [-0.3, -0.25) is 14.4 Å². The van der Waals surface area contributed by atoms with Crippen molar-refractivity contribution in [3.63, 3.8) is 0 Å². The maximum Gasteiger partial charge on any atom is 0.306 e. The molecule has 6 heteroatoms. The zero-order valence-corrected chi connectivity index (χ0v) is 16.8. The summed E-state index contributed by atoms with van der Waals surface area (Å²) in [6, 6.07) is 15.0. The van der Waals surface area contributed by atoms with Crippen molar-refractivity contribution in [3.8, 4) is 0 Å². The van der Waals surface area contributed by atoms with E-state index in [1.807, 2.05) is 30.3 Å². The number of amides is 1. The second-order valence-corrected chi connectivity index (χ2v) is 7.92. The van der Waals surface area contributed by atoms with Crippen LogP contribution in [0.5, 0.6) is 0 Å². The Morgan fingerprint density at radius 2 is 1.70 bits per heavy atom. The highest BCUT2D eigenvalue weighted by Crippen LogP contribution is 2.38. The van der Waals surface area contributed by atoms with Crippen molar-refractivity contribution < 1.29 is 19.5 Å². The Morgan fingerprint density at radius 3 is 2.33 bits per heavy atom. The number of benzene rings is 2. The first-order chi connectivity index (χ1) is 14.4. The van der Waals surface area contributed by atoms with Gasteiger partial charge in [0.15, 0.2) is 5.78 Å². The quantitative estimate of drug-likeness (QED) is 0.518. The molecular weight excluding hydrogens is 380 g/mol. The van der Waals surface area contributed by atoms with Crippen LogP contribution in [0.3, 0.4) is 0 Å². The van der Waals surface area contributed by atoms with Crippen LogP contribution in [0.2, 0.25) is 0 Å². The van der Waals surface area contributed by atoms with Gasteiger partial charge in [-0.05, 0) is 56.4 Å². The number of hydrogen-bond donors (Lipinski definition) is 3. The summed E-state index contributed by atoms with van der Waals surface area (Å²) in [7, 11) is 0. The molecule has 30 heavy (non-hydrogen) atoms. The molecule has 1 aliphatic heterocycles. The maximum absolute atomic E-state index is 12.9. The van der Waals surface area contributed by atoms with Gasteiger partial charge in [-0.25, -0.2) is 0 Å².